The molecule has 0 amide bonds. The molecule has 0 spiro atoms. The third-order valence-electron chi connectivity index (χ3n) is 4.16. The van der Waals surface area contributed by atoms with E-state index in [2.05, 4.69) is 6.58 Å². The van der Waals surface area contributed by atoms with Crippen molar-refractivity contribution in [2.75, 3.05) is 46.8 Å². The molecule has 1 fully saturated rings. The molecule has 9 heteroatoms. The lowest BCUT2D eigenvalue weighted by molar-refractivity contribution is -0.171. The van der Waals surface area contributed by atoms with Crippen LogP contribution in [0.1, 0.15) is 13.8 Å². The average molecular weight is 362 g/mol. The number of hydrogen-bond donors (Lipinski definition) is 3. The second-order valence-electron chi connectivity index (χ2n) is 6.75. The predicted molar refractivity (Wildman–Crippen MR) is 84.6 cm³/mol. The molecule has 0 aromatic rings. The molecular weight excluding hydrogens is 336 g/mol. The topological polar surface area (TPSA) is 135 Å². The molecule has 144 valence electrons. The number of aliphatic hydroxyl groups excluding tert-OH is 2. The van der Waals surface area contributed by atoms with Crippen LogP contribution in [0.25, 0.3) is 0 Å². The van der Waals surface area contributed by atoms with Crippen molar-refractivity contribution in [2.45, 2.75) is 19.4 Å². The third-order valence-corrected chi connectivity index (χ3v) is 4.16. The summed E-state index contributed by atoms with van der Waals surface area (Å²) >= 11 is 0. The third kappa shape index (κ3) is 4.91. The molecule has 1 aliphatic heterocycles. The predicted octanol–water partition coefficient (Wildman–Crippen LogP) is -0.443. The van der Waals surface area contributed by atoms with E-state index in [1.54, 1.807) is 0 Å². The van der Waals surface area contributed by atoms with Crippen molar-refractivity contribution >= 4 is 11.9 Å². The van der Waals surface area contributed by atoms with Gasteiger partial charge >= 0.3 is 11.9 Å². The molecule has 0 aromatic carbocycles. The van der Waals surface area contributed by atoms with Gasteiger partial charge in [-0.1, -0.05) is 6.58 Å². The Kier molecular flexibility index (Phi) is 6.95. The van der Waals surface area contributed by atoms with Gasteiger partial charge in [-0.15, -0.1) is 0 Å². The van der Waals surface area contributed by atoms with E-state index >= 15 is 0 Å². The lowest BCUT2D eigenvalue weighted by Gasteiger charge is -2.29. The van der Waals surface area contributed by atoms with Crippen molar-refractivity contribution in [3.05, 3.63) is 12.3 Å². The zero-order valence-electron chi connectivity index (χ0n) is 14.7. The molecule has 1 heterocycles. The first kappa shape index (κ1) is 21.4. The van der Waals surface area contributed by atoms with Crippen LogP contribution in [0.4, 0.5) is 0 Å². The van der Waals surface area contributed by atoms with Gasteiger partial charge in [0.15, 0.2) is 5.60 Å². The summed E-state index contributed by atoms with van der Waals surface area (Å²) in [5, 5.41) is 28.0. The van der Waals surface area contributed by atoms with Gasteiger partial charge in [-0.3, -0.25) is 9.59 Å². The van der Waals surface area contributed by atoms with Crippen LogP contribution in [0.3, 0.4) is 0 Å². The Bertz CT molecular complexity index is 514. The van der Waals surface area contributed by atoms with Gasteiger partial charge in [0, 0.05) is 7.11 Å². The van der Waals surface area contributed by atoms with E-state index in [4.69, 9.17) is 18.9 Å². The Labute approximate surface area is 146 Å². The van der Waals surface area contributed by atoms with Crippen molar-refractivity contribution in [3.8, 4) is 0 Å². The van der Waals surface area contributed by atoms with E-state index in [0.29, 0.717) is 0 Å². The van der Waals surface area contributed by atoms with E-state index in [1.165, 1.54) is 21.0 Å². The van der Waals surface area contributed by atoms with Crippen molar-refractivity contribution in [3.63, 3.8) is 0 Å². The Morgan fingerprint density at radius 1 is 1.16 bits per heavy atom. The molecule has 3 N–H and O–H groups in total. The van der Waals surface area contributed by atoms with E-state index in [-0.39, 0.29) is 32.2 Å². The lowest BCUT2D eigenvalue weighted by Crippen LogP contribution is -2.43. The average Bonchev–Trinajstić information content (AvgIpc) is 3.38. The number of rotatable bonds is 12. The van der Waals surface area contributed by atoms with Gasteiger partial charge in [0.1, 0.15) is 29.8 Å². The minimum absolute atomic E-state index is 0.0736. The van der Waals surface area contributed by atoms with Crippen molar-refractivity contribution < 1.29 is 43.9 Å². The molecule has 1 rings (SSSR count). The van der Waals surface area contributed by atoms with Crippen molar-refractivity contribution in [1.29, 1.82) is 0 Å². The summed E-state index contributed by atoms with van der Waals surface area (Å²) in [5.74, 6) is -1.89. The number of carbonyl (C=O) groups excluding carboxylic acids is 1. The number of hydrogen-bond acceptors (Lipinski definition) is 8. The number of carbonyl (C=O) groups is 2. The molecule has 3 atom stereocenters. The molecule has 0 aromatic heterocycles. The summed E-state index contributed by atoms with van der Waals surface area (Å²) < 4.78 is 20.4. The first-order chi connectivity index (χ1) is 11.6. The van der Waals surface area contributed by atoms with E-state index in [9.17, 15) is 24.9 Å². The molecule has 0 bridgehead atoms. The molecule has 1 saturated heterocycles. The highest BCUT2D eigenvalue weighted by atomic mass is 16.6. The maximum absolute atomic E-state index is 12.1. The number of methoxy groups -OCH3 is 1. The summed E-state index contributed by atoms with van der Waals surface area (Å²) in [6.07, 6.45) is 0. The van der Waals surface area contributed by atoms with Crippen LogP contribution in [-0.4, -0.2) is 79.6 Å². The zero-order chi connectivity index (χ0) is 19.3. The second kappa shape index (κ2) is 8.13. The van der Waals surface area contributed by atoms with Crippen LogP contribution >= 0.6 is 0 Å². The maximum Gasteiger partial charge on any atom is 0.316 e. The van der Waals surface area contributed by atoms with Crippen molar-refractivity contribution in [1.82, 2.24) is 0 Å². The Morgan fingerprint density at radius 2 is 1.72 bits per heavy atom. The highest BCUT2D eigenvalue weighted by Gasteiger charge is 2.50. The number of aliphatic carboxylic acids is 1. The number of aliphatic hydroxyl groups is 2. The number of esters is 1. The van der Waals surface area contributed by atoms with Gasteiger partial charge in [0.25, 0.3) is 0 Å². The maximum atomic E-state index is 12.1. The summed E-state index contributed by atoms with van der Waals surface area (Å²) in [7, 11) is 1.37. The summed E-state index contributed by atoms with van der Waals surface area (Å²) in [6, 6.07) is 0. The van der Waals surface area contributed by atoms with Crippen LogP contribution in [-0.2, 0) is 28.5 Å². The number of carboxylic acids is 1. The molecule has 9 nitrogen and oxygen atoms in total. The smallest absolute Gasteiger partial charge is 0.316 e. The van der Waals surface area contributed by atoms with E-state index in [0.717, 1.165) is 0 Å². The minimum atomic E-state index is -1.55. The largest absolute Gasteiger partial charge is 0.494 e. The van der Waals surface area contributed by atoms with Gasteiger partial charge in [-0.05, 0) is 13.8 Å². The SMILES string of the molecule is C=C(OCC(C)(COC(=O)C(C)(CO)COC)C(=O)O)C1(CO)CO1. The highest BCUT2D eigenvalue weighted by Crippen LogP contribution is 2.35. The molecule has 0 radical (unpaired) electrons. The van der Waals surface area contributed by atoms with Crippen LogP contribution in [0, 0.1) is 10.8 Å². The quantitative estimate of drug-likeness (QED) is 0.240. The Hall–Kier alpha value is -1.68. The zero-order valence-corrected chi connectivity index (χ0v) is 14.7. The Morgan fingerprint density at radius 3 is 2.12 bits per heavy atom. The van der Waals surface area contributed by atoms with Crippen LogP contribution in [0.15, 0.2) is 12.3 Å². The molecule has 1 aliphatic rings. The number of carboxylic acid groups (broad SMARTS) is 1. The van der Waals surface area contributed by atoms with Crippen LogP contribution < -0.4 is 0 Å². The van der Waals surface area contributed by atoms with Gasteiger partial charge in [0.05, 0.1) is 26.4 Å². The van der Waals surface area contributed by atoms with Gasteiger partial charge in [-0.25, -0.2) is 0 Å². The minimum Gasteiger partial charge on any atom is -0.494 e. The summed E-state index contributed by atoms with van der Waals surface area (Å²) in [5.41, 5.74) is -3.82. The molecule has 0 aliphatic carbocycles. The van der Waals surface area contributed by atoms with Gasteiger partial charge in [-0.2, -0.15) is 0 Å². The Balaban J connectivity index is 2.67. The highest BCUT2D eigenvalue weighted by molar-refractivity contribution is 5.78. The molecule has 25 heavy (non-hydrogen) atoms. The number of epoxide rings is 1. The fraction of sp³-hybridized carbons (Fsp3) is 0.750. The lowest BCUT2D eigenvalue weighted by atomic mass is 9.91. The summed E-state index contributed by atoms with van der Waals surface area (Å²) in [4.78, 5) is 23.7. The number of ether oxygens (including phenoxy) is 4. The van der Waals surface area contributed by atoms with Crippen molar-refractivity contribution in [2.24, 2.45) is 10.8 Å². The van der Waals surface area contributed by atoms with Gasteiger partial charge in [0.2, 0.25) is 0 Å². The fourth-order valence-corrected chi connectivity index (χ4v) is 1.86. The van der Waals surface area contributed by atoms with Gasteiger partial charge < -0.3 is 34.3 Å². The van der Waals surface area contributed by atoms with Crippen LogP contribution in [0.5, 0.6) is 0 Å². The normalized spacial score (nSPS) is 23.9. The second-order valence-corrected chi connectivity index (χ2v) is 6.75. The first-order valence-electron chi connectivity index (χ1n) is 7.66. The van der Waals surface area contributed by atoms with Crippen LogP contribution in [0.2, 0.25) is 0 Å². The molecule has 3 unspecified atom stereocenters. The fourth-order valence-electron chi connectivity index (χ4n) is 1.86. The van der Waals surface area contributed by atoms with E-state index < -0.39 is 41.6 Å². The summed E-state index contributed by atoms with van der Waals surface area (Å²) in [6.45, 7) is 4.97. The first-order valence-corrected chi connectivity index (χ1v) is 7.66. The monoisotopic (exact) mass is 362 g/mol. The molecular formula is C16H26O9. The molecule has 0 saturated carbocycles. The standard InChI is InChI=1S/C16H26O9/c1-11(16(6-18)10-25-16)23-8-15(3,12(19)20)9-24-13(21)14(2,5-17)7-22-4/h17-18H,1,5-10H2,2-4H3,(H,19,20). The van der Waals surface area contributed by atoms with E-state index in [1.807, 2.05) is 0 Å².